The molecular formula is C22H22Cl2N6O2. The SMILES string of the molecule is O=C(NCCc1cnc[nH]1)c1ccc(N2CCN(C(=O)c3cc(Cl)cc(Cl)c3)CC2)nc1. The van der Waals surface area contributed by atoms with E-state index in [1.54, 1.807) is 47.9 Å². The van der Waals surface area contributed by atoms with Gasteiger partial charge in [0.05, 0.1) is 11.9 Å². The highest BCUT2D eigenvalue weighted by molar-refractivity contribution is 6.35. The van der Waals surface area contributed by atoms with E-state index in [1.807, 2.05) is 6.07 Å². The number of aromatic nitrogens is 3. The van der Waals surface area contributed by atoms with E-state index in [9.17, 15) is 9.59 Å². The Balaban J connectivity index is 1.29. The average molecular weight is 473 g/mol. The van der Waals surface area contributed by atoms with Crippen molar-refractivity contribution in [3.8, 4) is 0 Å². The summed E-state index contributed by atoms with van der Waals surface area (Å²) in [5.41, 5.74) is 1.96. The summed E-state index contributed by atoms with van der Waals surface area (Å²) < 4.78 is 0. The summed E-state index contributed by atoms with van der Waals surface area (Å²) in [4.78, 5) is 40.3. The van der Waals surface area contributed by atoms with Crippen LogP contribution in [0.5, 0.6) is 0 Å². The van der Waals surface area contributed by atoms with Crippen LogP contribution >= 0.6 is 23.2 Å². The van der Waals surface area contributed by atoms with Crippen molar-refractivity contribution in [3.05, 3.63) is 75.9 Å². The van der Waals surface area contributed by atoms with Gasteiger partial charge < -0.3 is 20.1 Å². The van der Waals surface area contributed by atoms with Crippen molar-refractivity contribution in [1.82, 2.24) is 25.2 Å². The van der Waals surface area contributed by atoms with Gasteiger partial charge in [-0.25, -0.2) is 9.97 Å². The summed E-state index contributed by atoms with van der Waals surface area (Å²) in [6, 6.07) is 8.45. The molecule has 4 rings (SSSR count). The Labute approximate surface area is 195 Å². The van der Waals surface area contributed by atoms with Crippen molar-refractivity contribution in [1.29, 1.82) is 0 Å². The normalized spacial score (nSPS) is 13.8. The van der Waals surface area contributed by atoms with E-state index in [1.165, 1.54) is 0 Å². The van der Waals surface area contributed by atoms with Crippen LogP contribution in [0.1, 0.15) is 26.4 Å². The fourth-order valence-electron chi connectivity index (χ4n) is 3.54. The molecule has 32 heavy (non-hydrogen) atoms. The van der Waals surface area contributed by atoms with Gasteiger partial charge in [-0.15, -0.1) is 0 Å². The lowest BCUT2D eigenvalue weighted by atomic mass is 10.1. The Bertz CT molecular complexity index is 1060. The van der Waals surface area contributed by atoms with Gasteiger partial charge in [-0.1, -0.05) is 23.2 Å². The molecule has 2 N–H and O–H groups in total. The number of imidazole rings is 1. The van der Waals surface area contributed by atoms with Crippen molar-refractivity contribution in [2.24, 2.45) is 0 Å². The molecule has 1 aliphatic rings. The minimum atomic E-state index is -0.167. The molecule has 0 atom stereocenters. The van der Waals surface area contributed by atoms with Crippen LogP contribution in [0.4, 0.5) is 5.82 Å². The predicted molar refractivity (Wildman–Crippen MR) is 123 cm³/mol. The number of carbonyl (C=O) groups excluding carboxylic acids is 2. The molecule has 0 spiro atoms. The zero-order chi connectivity index (χ0) is 22.5. The van der Waals surface area contributed by atoms with Crippen LogP contribution in [0, 0.1) is 0 Å². The molecule has 1 aromatic carbocycles. The minimum Gasteiger partial charge on any atom is -0.353 e. The molecule has 3 heterocycles. The highest BCUT2D eigenvalue weighted by Crippen LogP contribution is 2.21. The summed E-state index contributed by atoms with van der Waals surface area (Å²) in [6.45, 7) is 2.91. The largest absolute Gasteiger partial charge is 0.353 e. The second-order valence-corrected chi connectivity index (χ2v) is 8.30. The number of H-pyrrole nitrogens is 1. The second-order valence-electron chi connectivity index (χ2n) is 7.43. The zero-order valence-corrected chi connectivity index (χ0v) is 18.7. The first-order valence-corrected chi connectivity index (χ1v) is 11.0. The maximum Gasteiger partial charge on any atom is 0.254 e. The minimum absolute atomic E-state index is 0.0934. The molecule has 166 valence electrons. The number of anilines is 1. The Kier molecular flexibility index (Phi) is 6.92. The predicted octanol–water partition coefficient (Wildman–Crippen LogP) is 3.05. The molecular weight excluding hydrogens is 451 g/mol. The fourth-order valence-corrected chi connectivity index (χ4v) is 4.07. The number of nitrogens with one attached hydrogen (secondary N) is 2. The molecule has 8 nitrogen and oxygen atoms in total. The molecule has 0 saturated carbocycles. The highest BCUT2D eigenvalue weighted by Gasteiger charge is 2.23. The van der Waals surface area contributed by atoms with Gasteiger partial charge in [0.15, 0.2) is 0 Å². The maximum absolute atomic E-state index is 12.8. The molecule has 3 aromatic rings. The Morgan fingerprint density at radius 1 is 1.00 bits per heavy atom. The lowest BCUT2D eigenvalue weighted by Crippen LogP contribution is -2.49. The number of hydrogen-bond donors (Lipinski definition) is 2. The molecule has 0 aliphatic carbocycles. The van der Waals surface area contributed by atoms with E-state index in [4.69, 9.17) is 23.2 Å². The lowest BCUT2D eigenvalue weighted by Gasteiger charge is -2.35. The van der Waals surface area contributed by atoms with Gasteiger partial charge in [0.25, 0.3) is 11.8 Å². The topological polar surface area (TPSA) is 94.2 Å². The van der Waals surface area contributed by atoms with Gasteiger partial charge in [0.1, 0.15) is 5.82 Å². The summed E-state index contributed by atoms with van der Waals surface area (Å²) in [6.07, 6.45) is 5.61. The second kappa shape index (κ2) is 10.0. The average Bonchev–Trinajstić information content (AvgIpc) is 3.32. The quantitative estimate of drug-likeness (QED) is 0.574. The molecule has 1 saturated heterocycles. The van der Waals surface area contributed by atoms with Crippen LogP contribution in [0.25, 0.3) is 0 Å². The third kappa shape index (κ3) is 5.38. The van der Waals surface area contributed by atoms with E-state index in [2.05, 4.69) is 25.2 Å². The van der Waals surface area contributed by atoms with Crippen molar-refractivity contribution in [2.45, 2.75) is 6.42 Å². The molecule has 0 bridgehead atoms. The van der Waals surface area contributed by atoms with E-state index >= 15 is 0 Å². The van der Waals surface area contributed by atoms with Gasteiger partial charge in [-0.3, -0.25) is 9.59 Å². The zero-order valence-electron chi connectivity index (χ0n) is 17.2. The van der Waals surface area contributed by atoms with Crippen LogP contribution < -0.4 is 10.2 Å². The molecule has 0 radical (unpaired) electrons. The fraction of sp³-hybridized carbons (Fsp3) is 0.273. The van der Waals surface area contributed by atoms with Gasteiger partial charge in [-0.2, -0.15) is 0 Å². The number of piperazine rings is 1. The van der Waals surface area contributed by atoms with Gasteiger partial charge in [0.2, 0.25) is 0 Å². The molecule has 2 aromatic heterocycles. The van der Waals surface area contributed by atoms with Crippen molar-refractivity contribution < 1.29 is 9.59 Å². The van der Waals surface area contributed by atoms with E-state index < -0.39 is 0 Å². The highest BCUT2D eigenvalue weighted by atomic mass is 35.5. The number of benzene rings is 1. The molecule has 1 aliphatic heterocycles. The van der Waals surface area contributed by atoms with Crippen LogP contribution in [-0.2, 0) is 6.42 Å². The summed E-state index contributed by atoms with van der Waals surface area (Å²) >= 11 is 12.0. The number of carbonyl (C=O) groups is 2. The number of aromatic amines is 1. The molecule has 0 unspecified atom stereocenters. The number of hydrogen-bond acceptors (Lipinski definition) is 5. The monoisotopic (exact) mass is 472 g/mol. The van der Waals surface area contributed by atoms with Gasteiger partial charge in [0, 0.05) is 72.8 Å². The third-order valence-corrected chi connectivity index (χ3v) is 5.68. The Morgan fingerprint density at radius 2 is 1.75 bits per heavy atom. The number of rotatable bonds is 6. The summed E-state index contributed by atoms with van der Waals surface area (Å²) in [5, 5.41) is 3.75. The summed E-state index contributed by atoms with van der Waals surface area (Å²) in [7, 11) is 0. The van der Waals surface area contributed by atoms with Crippen molar-refractivity contribution >= 4 is 40.8 Å². The standard InChI is InChI=1S/C22H22Cl2N6O2/c23-17-9-16(10-18(24)11-17)22(32)30-7-5-29(6-8-30)20-2-1-15(12-27-20)21(31)26-4-3-19-13-25-14-28-19/h1-2,9-14H,3-8H2,(H,25,28)(H,26,31). The van der Waals surface area contributed by atoms with E-state index in [-0.39, 0.29) is 11.8 Å². The molecule has 10 heteroatoms. The number of halogens is 2. The van der Waals surface area contributed by atoms with Crippen molar-refractivity contribution in [2.75, 3.05) is 37.6 Å². The number of pyridine rings is 1. The van der Waals surface area contributed by atoms with Crippen molar-refractivity contribution in [3.63, 3.8) is 0 Å². The maximum atomic E-state index is 12.8. The summed E-state index contributed by atoms with van der Waals surface area (Å²) in [5.74, 6) is 0.514. The van der Waals surface area contributed by atoms with Crippen LogP contribution in [0.15, 0.2) is 49.1 Å². The Morgan fingerprint density at radius 3 is 2.38 bits per heavy atom. The van der Waals surface area contributed by atoms with Crippen LogP contribution in [0.3, 0.4) is 0 Å². The first kappa shape index (κ1) is 22.1. The van der Waals surface area contributed by atoms with Gasteiger partial charge in [-0.05, 0) is 30.3 Å². The first-order chi connectivity index (χ1) is 15.5. The number of amides is 2. The van der Waals surface area contributed by atoms with E-state index in [0.717, 1.165) is 11.5 Å². The third-order valence-electron chi connectivity index (χ3n) is 5.25. The number of nitrogens with zero attached hydrogens (tertiary/aromatic N) is 4. The van der Waals surface area contributed by atoms with Gasteiger partial charge >= 0.3 is 0 Å². The lowest BCUT2D eigenvalue weighted by molar-refractivity contribution is 0.0746. The van der Waals surface area contributed by atoms with Crippen LogP contribution in [-0.4, -0.2) is 64.4 Å². The molecule has 1 fully saturated rings. The first-order valence-electron chi connectivity index (χ1n) is 10.2. The smallest absolute Gasteiger partial charge is 0.254 e. The van der Waals surface area contributed by atoms with E-state index in [0.29, 0.717) is 60.3 Å². The molecule has 2 amide bonds. The Hall–Kier alpha value is -3.10. The van der Waals surface area contributed by atoms with Crippen LogP contribution in [0.2, 0.25) is 10.0 Å².